The average molecular weight is 464 g/mol. The van der Waals surface area contributed by atoms with Crippen LogP contribution in [0.3, 0.4) is 0 Å². The van der Waals surface area contributed by atoms with Crippen molar-refractivity contribution in [3.05, 3.63) is 0 Å². The summed E-state index contributed by atoms with van der Waals surface area (Å²) in [4.78, 5) is 0. The van der Waals surface area contributed by atoms with Gasteiger partial charge in [-0.15, -0.1) is 0 Å². The van der Waals surface area contributed by atoms with Gasteiger partial charge in [0.05, 0.1) is 6.61 Å². The normalized spacial score (nSPS) is 14.8. The van der Waals surface area contributed by atoms with Crippen LogP contribution >= 0.6 is 0 Å². The molecule has 0 fully saturated rings. The maximum absolute atomic E-state index is 11.9. The van der Waals surface area contributed by atoms with E-state index in [1.54, 1.807) is 0 Å². The first-order chi connectivity index (χ1) is 15.0. The average Bonchev–Trinajstić information content (AvgIpc) is 2.73. The molecule has 5 nitrogen and oxygen atoms in total. The third-order valence-corrected chi connectivity index (χ3v) is 7.13. The molecule has 3 atom stereocenters. The van der Waals surface area contributed by atoms with Crippen LogP contribution in [0.5, 0.6) is 0 Å². The fourth-order valence-electron chi connectivity index (χ4n) is 4.13. The molecular formula is C25H51O5S-. The van der Waals surface area contributed by atoms with Crippen molar-refractivity contribution in [1.29, 1.82) is 0 Å². The fraction of sp³-hybridized carbons (Fsp3) is 1.00. The Bertz CT molecular complexity index is 392. The highest BCUT2D eigenvalue weighted by atomic mass is 32.2. The summed E-state index contributed by atoms with van der Waals surface area (Å²) in [7, 11) is 0. The molecule has 0 aliphatic carbocycles. The summed E-state index contributed by atoms with van der Waals surface area (Å²) >= 11 is -2.02. The van der Waals surface area contributed by atoms with Crippen molar-refractivity contribution in [2.45, 2.75) is 141 Å². The van der Waals surface area contributed by atoms with E-state index >= 15 is 0 Å². The molecule has 0 saturated carbocycles. The van der Waals surface area contributed by atoms with Gasteiger partial charge >= 0.3 is 0 Å². The summed E-state index contributed by atoms with van der Waals surface area (Å²) in [6, 6.07) is 0. The molecule has 31 heavy (non-hydrogen) atoms. The quantitative estimate of drug-likeness (QED) is 0.100. The van der Waals surface area contributed by atoms with Crippen molar-refractivity contribution in [2.75, 3.05) is 13.2 Å². The lowest BCUT2D eigenvalue weighted by Gasteiger charge is -2.26. The van der Waals surface area contributed by atoms with Gasteiger partial charge in [-0.2, -0.15) is 0 Å². The van der Waals surface area contributed by atoms with E-state index in [-0.39, 0.29) is 11.7 Å². The monoisotopic (exact) mass is 463 g/mol. The largest absolute Gasteiger partial charge is 0.772 e. The van der Waals surface area contributed by atoms with Crippen LogP contribution in [-0.2, 0) is 15.8 Å². The van der Waals surface area contributed by atoms with Gasteiger partial charge in [0.25, 0.3) is 0 Å². The van der Waals surface area contributed by atoms with Crippen LogP contribution in [0.2, 0.25) is 0 Å². The van der Waals surface area contributed by atoms with Crippen LogP contribution in [0.4, 0.5) is 0 Å². The second-order valence-corrected chi connectivity index (χ2v) is 10.3. The molecule has 0 aromatic carbocycles. The van der Waals surface area contributed by atoms with E-state index in [0.717, 1.165) is 44.9 Å². The first kappa shape index (κ1) is 31.0. The fourth-order valence-corrected chi connectivity index (χ4v) is 4.92. The molecule has 0 rings (SSSR count). The number of hydrogen-bond acceptors (Lipinski definition) is 5. The number of hydrogen-bond donors (Lipinski definition) is 2. The number of aliphatic hydroxyl groups excluding tert-OH is 1. The zero-order chi connectivity index (χ0) is 23.2. The molecule has 0 aromatic heterocycles. The Morgan fingerprint density at radius 2 is 1.19 bits per heavy atom. The molecule has 0 aliphatic rings. The van der Waals surface area contributed by atoms with Crippen molar-refractivity contribution in [2.24, 2.45) is 5.92 Å². The summed E-state index contributed by atoms with van der Waals surface area (Å²) < 4.78 is 29.3. The molecule has 188 valence electrons. The van der Waals surface area contributed by atoms with Gasteiger partial charge in [0.1, 0.15) is 0 Å². The summed E-state index contributed by atoms with van der Waals surface area (Å²) in [5.41, 5.74) is 0. The van der Waals surface area contributed by atoms with Gasteiger partial charge in [0.15, 0.2) is 6.29 Å². The number of unbranched alkanes of at least 4 members (excludes halogenated alkanes) is 11. The molecular weight excluding hydrogens is 412 g/mol. The molecule has 0 radical (unpaired) electrons. The number of ether oxygens (including phenoxy) is 1. The maximum Gasteiger partial charge on any atom is 0.153 e. The minimum atomic E-state index is -2.02. The predicted molar refractivity (Wildman–Crippen MR) is 130 cm³/mol. The third kappa shape index (κ3) is 21.6. The molecule has 0 saturated heterocycles. The van der Waals surface area contributed by atoms with Gasteiger partial charge in [0, 0.05) is 18.3 Å². The van der Waals surface area contributed by atoms with Gasteiger partial charge < -0.3 is 19.5 Å². The van der Waals surface area contributed by atoms with Gasteiger partial charge in [-0.1, -0.05) is 115 Å². The third-order valence-electron chi connectivity index (χ3n) is 6.15. The minimum Gasteiger partial charge on any atom is -0.772 e. The summed E-state index contributed by atoms with van der Waals surface area (Å²) in [5, 5.41) is 17.6. The van der Waals surface area contributed by atoms with E-state index in [1.807, 2.05) is 0 Å². The topological polar surface area (TPSA) is 89.8 Å². The lowest BCUT2D eigenvalue weighted by molar-refractivity contribution is -0.0616. The molecule has 0 aromatic rings. The lowest BCUT2D eigenvalue weighted by atomic mass is 9.91. The van der Waals surface area contributed by atoms with Gasteiger partial charge in [-0.3, -0.25) is 4.21 Å². The number of aliphatic hydroxyl groups is 2. The Labute approximate surface area is 195 Å². The highest BCUT2D eigenvalue weighted by molar-refractivity contribution is 7.79. The maximum atomic E-state index is 11.9. The zero-order valence-electron chi connectivity index (χ0n) is 20.4. The highest BCUT2D eigenvalue weighted by Gasteiger charge is 2.17. The predicted octanol–water partition coefficient (Wildman–Crippen LogP) is 6.24. The second kappa shape index (κ2) is 23.2. The van der Waals surface area contributed by atoms with Crippen LogP contribution in [0.15, 0.2) is 0 Å². The van der Waals surface area contributed by atoms with Gasteiger partial charge in [0.2, 0.25) is 0 Å². The van der Waals surface area contributed by atoms with Crippen LogP contribution < -0.4 is 0 Å². The SMILES string of the molecule is CCCCCCCCCC(CC(CCCCCCCC)CCOCCC(O)O)S(=O)[O-]. The Balaban J connectivity index is 4.35. The van der Waals surface area contributed by atoms with E-state index in [0.29, 0.717) is 19.1 Å². The molecule has 0 heterocycles. The van der Waals surface area contributed by atoms with Crippen LogP contribution in [0, 0.1) is 5.92 Å². The summed E-state index contributed by atoms with van der Waals surface area (Å²) in [6.07, 6.45) is 18.2. The Morgan fingerprint density at radius 1 is 0.710 bits per heavy atom. The first-order valence-electron chi connectivity index (χ1n) is 13.0. The molecule has 0 bridgehead atoms. The Hall–Kier alpha value is -0.0100. The molecule has 2 N–H and O–H groups in total. The molecule has 0 spiro atoms. The zero-order valence-corrected chi connectivity index (χ0v) is 21.2. The van der Waals surface area contributed by atoms with Crippen molar-refractivity contribution in [3.63, 3.8) is 0 Å². The standard InChI is InChI=1S/C25H52O5S/c1-3-5-7-9-11-13-15-17-24(31(28)29)22-23(16-14-12-10-8-6-4-2)18-20-30-21-19-25(26)27/h23-27H,3-22H2,1-2H3,(H,28,29)/p-1. The molecule has 0 aliphatic heterocycles. The van der Waals surface area contributed by atoms with E-state index in [2.05, 4.69) is 13.8 Å². The van der Waals surface area contributed by atoms with E-state index in [4.69, 9.17) is 14.9 Å². The molecule has 0 amide bonds. The highest BCUT2D eigenvalue weighted by Crippen LogP contribution is 2.25. The van der Waals surface area contributed by atoms with Crippen molar-refractivity contribution < 1.29 is 23.7 Å². The van der Waals surface area contributed by atoms with E-state index in [9.17, 15) is 8.76 Å². The molecule has 3 unspecified atom stereocenters. The smallest absolute Gasteiger partial charge is 0.153 e. The van der Waals surface area contributed by atoms with Crippen molar-refractivity contribution in [3.8, 4) is 0 Å². The van der Waals surface area contributed by atoms with E-state index < -0.39 is 17.4 Å². The molecule has 6 heteroatoms. The first-order valence-corrected chi connectivity index (χ1v) is 14.2. The second-order valence-electron chi connectivity index (χ2n) is 9.12. The van der Waals surface area contributed by atoms with Crippen molar-refractivity contribution >= 4 is 11.1 Å². The lowest BCUT2D eigenvalue weighted by Crippen LogP contribution is -2.21. The van der Waals surface area contributed by atoms with Crippen molar-refractivity contribution in [1.82, 2.24) is 0 Å². The minimum absolute atomic E-state index is 0.216. The Morgan fingerprint density at radius 3 is 1.71 bits per heavy atom. The van der Waals surface area contributed by atoms with Crippen LogP contribution in [-0.4, -0.2) is 43.7 Å². The summed E-state index contributed by atoms with van der Waals surface area (Å²) in [5.74, 6) is 0.359. The van der Waals surface area contributed by atoms with E-state index in [1.165, 1.54) is 64.2 Å². The number of rotatable bonds is 24. The van der Waals surface area contributed by atoms with Gasteiger partial charge in [-0.05, 0) is 25.2 Å². The summed E-state index contributed by atoms with van der Waals surface area (Å²) in [6.45, 7) is 5.33. The Kier molecular flexibility index (Phi) is 23.2. The van der Waals surface area contributed by atoms with Gasteiger partial charge in [-0.25, -0.2) is 0 Å². The van der Waals surface area contributed by atoms with Crippen LogP contribution in [0.1, 0.15) is 129 Å². The van der Waals surface area contributed by atoms with Crippen LogP contribution in [0.25, 0.3) is 0 Å².